The van der Waals surface area contributed by atoms with Crippen molar-refractivity contribution in [2.75, 3.05) is 0 Å². The highest BCUT2D eigenvalue weighted by Crippen LogP contribution is 2.06. The molecule has 0 unspecified atom stereocenters. The van der Waals surface area contributed by atoms with Gasteiger partial charge in [0.15, 0.2) is 0 Å². The number of hydrogen-bond donors (Lipinski definition) is 1. The van der Waals surface area contributed by atoms with Gasteiger partial charge in [0.2, 0.25) is 11.8 Å². The molecule has 0 saturated heterocycles. The van der Waals surface area contributed by atoms with Gasteiger partial charge in [0, 0.05) is 12.8 Å². The van der Waals surface area contributed by atoms with E-state index in [0.29, 0.717) is 12.8 Å². The van der Waals surface area contributed by atoms with E-state index in [-0.39, 0.29) is 11.8 Å². The minimum atomic E-state index is -0.136. The average molecular weight is 378 g/mol. The number of carbonyl (C=O) groups excluding carboxylic acids is 2. The molecule has 0 aromatic carbocycles. The standard InChI is InChI=1S/C24H43NO2/c1-3-5-7-9-11-13-15-17-19-21-23(26)25-24(27)22-20-18-16-14-12-10-8-6-4-2/h13-16H,3-12,17-22H2,1-2H3,(H,25,26,27). The van der Waals surface area contributed by atoms with Crippen LogP contribution in [0.1, 0.15) is 117 Å². The Morgan fingerprint density at radius 3 is 1.30 bits per heavy atom. The van der Waals surface area contributed by atoms with Crippen molar-refractivity contribution in [2.24, 2.45) is 0 Å². The highest BCUT2D eigenvalue weighted by atomic mass is 16.2. The molecule has 0 aromatic rings. The quantitative estimate of drug-likeness (QED) is 0.206. The van der Waals surface area contributed by atoms with Crippen LogP contribution in [0.25, 0.3) is 0 Å². The summed E-state index contributed by atoms with van der Waals surface area (Å²) in [6, 6.07) is 0. The van der Waals surface area contributed by atoms with Gasteiger partial charge in [-0.05, 0) is 51.4 Å². The maximum absolute atomic E-state index is 11.8. The van der Waals surface area contributed by atoms with E-state index in [2.05, 4.69) is 43.5 Å². The first-order valence-corrected chi connectivity index (χ1v) is 11.3. The third kappa shape index (κ3) is 20.8. The summed E-state index contributed by atoms with van der Waals surface area (Å²) in [6.07, 6.45) is 25.7. The van der Waals surface area contributed by atoms with Gasteiger partial charge < -0.3 is 0 Å². The number of allylic oxidation sites excluding steroid dienone is 4. The first-order chi connectivity index (χ1) is 13.2. The van der Waals surface area contributed by atoms with Crippen LogP contribution in [0.2, 0.25) is 0 Å². The number of carbonyl (C=O) groups is 2. The summed E-state index contributed by atoms with van der Waals surface area (Å²) in [4.78, 5) is 23.5. The minimum Gasteiger partial charge on any atom is -0.296 e. The van der Waals surface area contributed by atoms with E-state index in [9.17, 15) is 9.59 Å². The lowest BCUT2D eigenvalue weighted by molar-refractivity contribution is -0.130. The van der Waals surface area contributed by atoms with Crippen molar-refractivity contribution in [3.63, 3.8) is 0 Å². The van der Waals surface area contributed by atoms with Gasteiger partial charge >= 0.3 is 0 Å². The van der Waals surface area contributed by atoms with Crippen LogP contribution in [0.4, 0.5) is 0 Å². The molecule has 0 spiro atoms. The molecule has 0 fully saturated rings. The van der Waals surface area contributed by atoms with E-state index in [1.54, 1.807) is 0 Å². The summed E-state index contributed by atoms with van der Waals surface area (Å²) in [5.41, 5.74) is 0. The van der Waals surface area contributed by atoms with Crippen LogP contribution < -0.4 is 5.32 Å². The second kappa shape index (κ2) is 20.9. The molecule has 2 amide bonds. The van der Waals surface area contributed by atoms with Crippen LogP contribution in [0, 0.1) is 0 Å². The van der Waals surface area contributed by atoms with Crippen LogP contribution >= 0.6 is 0 Å². The van der Waals surface area contributed by atoms with E-state index in [1.165, 1.54) is 51.4 Å². The molecule has 0 bridgehead atoms. The molecular formula is C24H43NO2. The van der Waals surface area contributed by atoms with Crippen molar-refractivity contribution in [2.45, 2.75) is 117 Å². The lowest BCUT2D eigenvalue weighted by Gasteiger charge is -2.03. The van der Waals surface area contributed by atoms with Crippen LogP contribution in [0.3, 0.4) is 0 Å². The van der Waals surface area contributed by atoms with Gasteiger partial charge in [0.05, 0.1) is 0 Å². The molecule has 0 aliphatic rings. The number of amides is 2. The smallest absolute Gasteiger partial charge is 0.226 e. The first-order valence-electron chi connectivity index (χ1n) is 11.3. The summed E-state index contributed by atoms with van der Waals surface area (Å²) < 4.78 is 0. The monoisotopic (exact) mass is 377 g/mol. The molecular weight excluding hydrogens is 334 g/mol. The molecule has 27 heavy (non-hydrogen) atoms. The maximum atomic E-state index is 11.8. The SMILES string of the molecule is CCCCCCC=CCCCC(=O)NC(=O)CCCC=CCCCCCC. The van der Waals surface area contributed by atoms with Crippen molar-refractivity contribution in [3.05, 3.63) is 24.3 Å². The number of hydrogen-bond acceptors (Lipinski definition) is 2. The predicted molar refractivity (Wildman–Crippen MR) is 117 cm³/mol. The molecule has 3 nitrogen and oxygen atoms in total. The molecule has 3 heteroatoms. The summed E-state index contributed by atoms with van der Waals surface area (Å²) >= 11 is 0. The zero-order chi connectivity index (χ0) is 20.0. The number of nitrogens with one attached hydrogen (secondary N) is 1. The fraction of sp³-hybridized carbons (Fsp3) is 0.750. The highest BCUT2D eigenvalue weighted by molar-refractivity contribution is 5.95. The maximum Gasteiger partial charge on any atom is 0.226 e. The fourth-order valence-corrected chi connectivity index (χ4v) is 2.89. The summed E-state index contributed by atoms with van der Waals surface area (Å²) in [7, 11) is 0. The molecule has 0 saturated carbocycles. The Labute approximate surface area is 168 Å². The van der Waals surface area contributed by atoms with E-state index < -0.39 is 0 Å². The molecule has 0 rings (SSSR count). The molecule has 0 aliphatic carbocycles. The fourth-order valence-electron chi connectivity index (χ4n) is 2.89. The lowest BCUT2D eigenvalue weighted by Crippen LogP contribution is -2.29. The van der Waals surface area contributed by atoms with Gasteiger partial charge in [-0.1, -0.05) is 76.7 Å². The number of unbranched alkanes of at least 4 members (excludes halogenated alkanes) is 10. The highest BCUT2D eigenvalue weighted by Gasteiger charge is 2.06. The van der Waals surface area contributed by atoms with E-state index in [4.69, 9.17) is 0 Å². The van der Waals surface area contributed by atoms with Crippen LogP contribution in [-0.4, -0.2) is 11.8 Å². The molecule has 0 atom stereocenters. The topological polar surface area (TPSA) is 46.2 Å². The normalized spacial score (nSPS) is 11.5. The molecule has 156 valence electrons. The Hall–Kier alpha value is -1.38. The summed E-state index contributed by atoms with van der Waals surface area (Å²) in [5, 5.41) is 2.50. The van der Waals surface area contributed by atoms with E-state index in [1.807, 2.05) is 0 Å². The van der Waals surface area contributed by atoms with Gasteiger partial charge in [-0.2, -0.15) is 0 Å². The van der Waals surface area contributed by atoms with E-state index in [0.717, 1.165) is 38.5 Å². The van der Waals surface area contributed by atoms with Crippen molar-refractivity contribution in [1.82, 2.24) is 5.32 Å². The lowest BCUT2D eigenvalue weighted by atomic mass is 10.1. The van der Waals surface area contributed by atoms with Gasteiger partial charge in [-0.25, -0.2) is 0 Å². The molecule has 1 N–H and O–H groups in total. The van der Waals surface area contributed by atoms with Crippen LogP contribution in [0.15, 0.2) is 24.3 Å². The molecule has 0 aliphatic heterocycles. The van der Waals surface area contributed by atoms with Gasteiger partial charge in [-0.3, -0.25) is 14.9 Å². The zero-order valence-electron chi connectivity index (χ0n) is 17.9. The minimum absolute atomic E-state index is 0.136. The van der Waals surface area contributed by atoms with Crippen molar-refractivity contribution in [3.8, 4) is 0 Å². The van der Waals surface area contributed by atoms with Crippen molar-refractivity contribution < 1.29 is 9.59 Å². The summed E-state index contributed by atoms with van der Waals surface area (Å²) in [6.45, 7) is 4.44. The Morgan fingerprint density at radius 2 is 0.926 bits per heavy atom. The van der Waals surface area contributed by atoms with Gasteiger partial charge in [0.25, 0.3) is 0 Å². The van der Waals surface area contributed by atoms with Crippen LogP contribution in [-0.2, 0) is 9.59 Å². The van der Waals surface area contributed by atoms with Crippen LogP contribution in [0.5, 0.6) is 0 Å². The summed E-state index contributed by atoms with van der Waals surface area (Å²) in [5.74, 6) is -0.273. The predicted octanol–water partition coefficient (Wildman–Crippen LogP) is 7.02. The molecule has 0 radical (unpaired) electrons. The Kier molecular flexibility index (Phi) is 19.9. The van der Waals surface area contributed by atoms with Gasteiger partial charge in [0.1, 0.15) is 0 Å². The number of imide groups is 1. The third-order valence-electron chi connectivity index (χ3n) is 4.61. The second-order valence-electron chi connectivity index (χ2n) is 7.40. The Bertz CT molecular complexity index is 375. The largest absolute Gasteiger partial charge is 0.296 e. The molecule has 0 heterocycles. The van der Waals surface area contributed by atoms with Gasteiger partial charge in [-0.15, -0.1) is 0 Å². The average Bonchev–Trinajstić information content (AvgIpc) is 2.65. The second-order valence-corrected chi connectivity index (χ2v) is 7.40. The van der Waals surface area contributed by atoms with E-state index >= 15 is 0 Å². The molecule has 0 aromatic heterocycles. The third-order valence-corrected chi connectivity index (χ3v) is 4.61. The zero-order valence-corrected chi connectivity index (χ0v) is 17.9. The number of rotatable bonds is 18. The Balaban J connectivity index is 3.49. The Morgan fingerprint density at radius 1 is 0.556 bits per heavy atom. The van der Waals surface area contributed by atoms with Crippen molar-refractivity contribution >= 4 is 11.8 Å². The first kappa shape index (κ1) is 25.6. The van der Waals surface area contributed by atoms with Crippen molar-refractivity contribution in [1.29, 1.82) is 0 Å².